The number of benzene rings is 1. The van der Waals surface area contributed by atoms with Gasteiger partial charge in [-0.2, -0.15) is 0 Å². The van der Waals surface area contributed by atoms with Gasteiger partial charge in [-0.05, 0) is 49.8 Å². The number of hydrogen-bond acceptors (Lipinski definition) is 4. The molecular weight excluding hydrogens is 266 g/mol. The molecule has 0 radical (unpaired) electrons. The Balaban J connectivity index is 1.57. The van der Waals surface area contributed by atoms with Crippen LogP contribution in [0.1, 0.15) is 37.7 Å². The molecule has 116 valence electrons. The van der Waals surface area contributed by atoms with Crippen molar-refractivity contribution in [2.24, 2.45) is 0 Å². The highest BCUT2D eigenvalue weighted by molar-refractivity contribution is 5.42. The minimum atomic E-state index is 0.202. The van der Waals surface area contributed by atoms with E-state index in [-0.39, 0.29) is 5.60 Å². The van der Waals surface area contributed by atoms with Crippen LogP contribution >= 0.6 is 0 Å². The summed E-state index contributed by atoms with van der Waals surface area (Å²) in [5, 5.41) is 3.67. The molecule has 21 heavy (non-hydrogen) atoms. The zero-order valence-electron chi connectivity index (χ0n) is 13.0. The average molecular weight is 291 g/mol. The van der Waals surface area contributed by atoms with Crippen molar-refractivity contribution in [3.8, 4) is 11.5 Å². The summed E-state index contributed by atoms with van der Waals surface area (Å²) >= 11 is 0. The van der Waals surface area contributed by atoms with E-state index in [9.17, 15) is 0 Å². The van der Waals surface area contributed by atoms with Gasteiger partial charge in [-0.3, -0.25) is 0 Å². The monoisotopic (exact) mass is 291 g/mol. The lowest BCUT2D eigenvalue weighted by Gasteiger charge is -2.47. The van der Waals surface area contributed by atoms with Crippen molar-refractivity contribution in [2.75, 3.05) is 20.8 Å². The minimum Gasteiger partial charge on any atom is -0.493 e. The van der Waals surface area contributed by atoms with E-state index in [1.165, 1.54) is 24.8 Å². The summed E-state index contributed by atoms with van der Waals surface area (Å²) in [6.45, 7) is 1.75. The van der Waals surface area contributed by atoms with Crippen molar-refractivity contribution in [3.63, 3.8) is 0 Å². The first-order valence-electron chi connectivity index (χ1n) is 7.83. The van der Waals surface area contributed by atoms with Crippen molar-refractivity contribution in [1.29, 1.82) is 0 Å². The summed E-state index contributed by atoms with van der Waals surface area (Å²) in [6.07, 6.45) is 6.06. The molecular formula is C17H25NO3. The summed E-state index contributed by atoms with van der Waals surface area (Å²) in [5.41, 5.74) is 1.43. The average Bonchev–Trinajstić information content (AvgIpc) is 2.51. The van der Waals surface area contributed by atoms with E-state index in [2.05, 4.69) is 11.4 Å². The molecule has 3 rings (SSSR count). The predicted molar refractivity (Wildman–Crippen MR) is 81.9 cm³/mol. The van der Waals surface area contributed by atoms with Crippen LogP contribution in [-0.4, -0.2) is 32.5 Å². The van der Waals surface area contributed by atoms with Gasteiger partial charge in [0.15, 0.2) is 11.5 Å². The van der Waals surface area contributed by atoms with E-state index in [0.29, 0.717) is 6.04 Å². The highest BCUT2D eigenvalue weighted by atomic mass is 16.5. The Morgan fingerprint density at radius 2 is 2.05 bits per heavy atom. The van der Waals surface area contributed by atoms with E-state index in [1.807, 2.05) is 12.1 Å². The van der Waals surface area contributed by atoms with Crippen LogP contribution in [0.5, 0.6) is 11.5 Å². The summed E-state index contributed by atoms with van der Waals surface area (Å²) in [7, 11) is 3.34. The fraction of sp³-hybridized carbons (Fsp3) is 0.647. The molecule has 1 spiro atoms. The van der Waals surface area contributed by atoms with Crippen LogP contribution in [0.15, 0.2) is 18.2 Å². The van der Waals surface area contributed by atoms with Crippen LogP contribution in [0.25, 0.3) is 0 Å². The number of hydrogen-bond donors (Lipinski definition) is 1. The molecule has 2 fully saturated rings. The molecule has 1 saturated carbocycles. The Kier molecular flexibility index (Phi) is 4.36. The highest BCUT2D eigenvalue weighted by Gasteiger charge is 2.42. The van der Waals surface area contributed by atoms with E-state index in [1.54, 1.807) is 14.2 Å². The van der Waals surface area contributed by atoms with Crippen LogP contribution in [0.4, 0.5) is 0 Å². The van der Waals surface area contributed by atoms with Crippen molar-refractivity contribution in [3.05, 3.63) is 23.8 Å². The lowest BCUT2D eigenvalue weighted by Crippen LogP contribution is -2.50. The molecule has 0 amide bonds. The Morgan fingerprint density at radius 3 is 2.71 bits per heavy atom. The third-order valence-electron chi connectivity index (χ3n) is 4.80. The second-order valence-electron chi connectivity index (χ2n) is 6.14. The van der Waals surface area contributed by atoms with Gasteiger partial charge in [-0.1, -0.05) is 6.07 Å². The third kappa shape index (κ3) is 3.16. The standard InChI is InChI=1S/C17H25NO3/c1-19-15-5-4-13(10-16(15)20-2)12-18-14-6-9-21-17(11-14)7-3-8-17/h4-5,10,14,18H,3,6-9,11-12H2,1-2H3. The molecule has 1 aliphatic carbocycles. The lowest BCUT2D eigenvalue weighted by molar-refractivity contribution is -0.135. The zero-order valence-corrected chi connectivity index (χ0v) is 13.0. The third-order valence-corrected chi connectivity index (χ3v) is 4.80. The normalized spacial score (nSPS) is 23.6. The first-order valence-corrected chi connectivity index (χ1v) is 7.83. The quantitative estimate of drug-likeness (QED) is 0.905. The maximum absolute atomic E-state index is 5.97. The van der Waals surface area contributed by atoms with Crippen molar-refractivity contribution in [1.82, 2.24) is 5.32 Å². The largest absolute Gasteiger partial charge is 0.493 e. The first-order chi connectivity index (χ1) is 10.2. The van der Waals surface area contributed by atoms with Gasteiger partial charge in [-0.25, -0.2) is 0 Å². The van der Waals surface area contributed by atoms with E-state index >= 15 is 0 Å². The topological polar surface area (TPSA) is 39.7 Å². The zero-order chi connectivity index (χ0) is 14.7. The molecule has 1 heterocycles. The molecule has 1 atom stereocenters. The molecule has 4 heteroatoms. The van der Waals surface area contributed by atoms with Gasteiger partial charge < -0.3 is 19.5 Å². The van der Waals surface area contributed by atoms with Gasteiger partial charge in [-0.15, -0.1) is 0 Å². The molecule has 4 nitrogen and oxygen atoms in total. The second kappa shape index (κ2) is 6.24. The van der Waals surface area contributed by atoms with Gasteiger partial charge in [0.25, 0.3) is 0 Å². The van der Waals surface area contributed by atoms with Gasteiger partial charge in [0.2, 0.25) is 0 Å². The van der Waals surface area contributed by atoms with E-state index in [0.717, 1.165) is 37.5 Å². The maximum atomic E-state index is 5.97. The van der Waals surface area contributed by atoms with Gasteiger partial charge in [0, 0.05) is 19.2 Å². The van der Waals surface area contributed by atoms with Gasteiger partial charge in [0.1, 0.15) is 0 Å². The predicted octanol–water partition coefficient (Wildman–Crippen LogP) is 2.90. The van der Waals surface area contributed by atoms with Crippen molar-refractivity contribution < 1.29 is 14.2 Å². The maximum Gasteiger partial charge on any atom is 0.161 e. The van der Waals surface area contributed by atoms with Crippen molar-refractivity contribution in [2.45, 2.75) is 50.3 Å². The van der Waals surface area contributed by atoms with Crippen LogP contribution in [0.3, 0.4) is 0 Å². The fourth-order valence-corrected chi connectivity index (χ4v) is 3.37. The smallest absolute Gasteiger partial charge is 0.161 e. The SMILES string of the molecule is COc1ccc(CNC2CCOC3(CCC3)C2)cc1OC. The summed E-state index contributed by atoms with van der Waals surface area (Å²) in [5.74, 6) is 1.57. The molecule has 1 aliphatic heterocycles. The number of rotatable bonds is 5. The molecule has 1 aromatic rings. The number of methoxy groups -OCH3 is 2. The molecule has 1 unspecified atom stereocenters. The van der Waals surface area contributed by atoms with Gasteiger partial charge in [0.05, 0.1) is 19.8 Å². The Labute approximate surface area is 126 Å². The summed E-state index contributed by atoms with van der Waals surface area (Å²) in [6, 6.07) is 6.66. The van der Waals surface area contributed by atoms with Crippen LogP contribution in [0.2, 0.25) is 0 Å². The molecule has 0 aromatic heterocycles. The highest BCUT2D eigenvalue weighted by Crippen LogP contribution is 2.42. The number of nitrogens with one attached hydrogen (secondary N) is 1. The van der Waals surface area contributed by atoms with Gasteiger partial charge >= 0.3 is 0 Å². The van der Waals surface area contributed by atoms with Crippen LogP contribution in [-0.2, 0) is 11.3 Å². The fourth-order valence-electron chi connectivity index (χ4n) is 3.37. The molecule has 0 bridgehead atoms. The lowest BCUT2D eigenvalue weighted by atomic mass is 9.74. The summed E-state index contributed by atoms with van der Waals surface area (Å²) < 4.78 is 16.6. The first kappa shape index (κ1) is 14.7. The minimum absolute atomic E-state index is 0.202. The van der Waals surface area contributed by atoms with Crippen LogP contribution in [0, 0.1) is 0 Å². The molecule has 1 aromatic carbocycles. The Morgan fingerprint density at radius 1 is 1.24 bits per heavy atom. The molecule has 2 aliphatic rings. The van der Waals surface area contributed by atoms with Crippen LogP contribution < -0.4 is 14.8 Å². The molecule has 1 saturated heterocycles. The number of ether oxygens (including phenoxy) is 3. The summed E-state index contributed by atoms with van der Waals surface area (Å²) in [4.78, 5) is 0. The Bertz CT molecular complexity index is 485. The molecule has 1 N–H and O–H groups in total. The second-order valence-corrected chi connectivity index (χ2v) is 6.14. The van der Waals surface area contributed by atoms with E-state index in [4.69, 9.17) is 14.2 Å². The Hall–Kier alpha value is -1.26. The van der Waals surface area contributed by atoms with E-state index < -0.39 is 0 Å². The van der Waals surface area contributed by atoms with Crippen molar-refractivity contribution >= 4 is 0 Å².